The lowest BCUT2D eigenvalue weighted by Crippen LogP contribution is -2.26. The predicted octanol–water partition coefficient (Wildman–Crippen LogP) is 4.03. The minimum absolute atomic E-state index is 0.133. The molecule has 1 aliphatic rings. The van der Waals surface area contributed by atoms with Gasteiger partial charge in [-0.2, -0.15) is 0 Å². The lowest BCUT2D eigenvalue weighted by atomic mass is 10.0. The van der Waals surface area contributed by atoms with Gasteiger partial charge < -0.3 is 4.90 Å². The first-order valence-corrected chi connectivity index (χ1v) is 11.3. The van der Waals surface area contributed by atoms with Crippen LogP contribution in [0.5, 0.6) is 0 Å². The molecule has 0 aliphatic carbocycles. The Hall–Kier alpha value is -3.29. The molecule has 0 spiro atoms. The molecule has 3 aromatic carbocycles. The van der Waals surface area contributed by atoms with E-state index in [4.69, 9.17) is 10.1 Å². The maximum absolute atomic E-state index is 11.7. The van der Waals surface area contributed by atoms with Crippen molar-refractivity contribution in [2.45, 2.75) is 17.7 Å². The van der Waals surface area contributed by atoms with Crippen molar-refractivity contribution >= 4 is 32.4 Å². The van der Waals surface area contributed by atoms with Gasteiger partial charge in [-0.05, 0) is 59.5 Å². The third-order valence-electron chi connectivity index (χ3n) is 5.43. The third-order valence-corrected chi connectivity index (χ3v) is 6.34. The Morgan fingerprint density at radius 1 is 0.933 bits per heavy atom. The van der Waals surface area contributed by atoms with Crippen molar-refractivity contribution in [3.8, 4) is 11.3 Å². The number of fused-ring (bicyclic) bond motifs is 2. The number of primary sulfonamides is 1. The highest BCUT2D eigenvalue weighted by Gasteiger charge is 2.22. The van der Waals surface area contributed by atoms with Crippen LogP contribution in [0.1, 0.15) is 12.0 Å². The number of aryl methyl sites for hydroxylation is 1. The van der Waals surface area contributed by atoms with Gasteiger partial charge in [-0.3, -0.25) is 0 Å². The molecule has 150 valence electrons. The Bertz CT molecular complexity index is 1370. The van der Waals surface area contributed by atoms with Gasteiger partial charge in [0.25, 0.3) is 0 Å². The summed E-state index contributed by atoms with van der Waals surface area (Å²) in [5.41, 5.74) is 3.73. The zero-order chi connectivity index (χ0) is 20.7. The fourth-order valence-corrected chi connectivity index (χ4v) is 4.51. The average molecular weight is 417 g/mol. The molecule has 4 aromatic rings. The van der Waals surface area contributed by atoms with Crippen LogP contribution >= 0.6 is 0 Å². The largest absolute Gasteiger partial charge is 0.310 e. The van der Waals surface area contributed by atoms with Gasteiger partial charge in [-0.15, -0.1) is 0 Å². The van der Waals surface area contributed by atoms with Crippen molar-refractivity contribution in [1.29, 1.82) is 0 Å². The maximum Gasteiger partial charge on any atom is 0.238 e. The van der Waals surface area contributed by atoms with Gasteiger partial charge in [-0.25, -0.2) is 23.5 Å². The Morgan fingerprint density at radius 2 is 1.77 bits per heavy atom. The number of aromatic nitrogens is 2. The molecule has 0 fully saturated rings. The number of hydrogen-bond acceptors (Lipinski definition) is 5. The van der Waals surface area contributed by atoms with E-state index in [1.165, 1.54) is 5.39 Å². The van der Waals surface area contributed by atoms with E-state index in [9.17, 15) is 8.42 Å². The summed E-state index contributed by atoms with van der Waals surface area (Å²) in [5, 5.41) is 7.64. The van der Waals surface area contributed by atoms with Crippen LogP contribution in [0.3, 0.4) is 0 Å². The summed E-state index contributed by atoms with van der Waals surface area (Å²) >= 11 is 0. The van der Waals surface area contributed by atoms with Crippen molar-refractivity contribution < 1.29 is 8.42 Å². The Balaban J connectivity index is 1.55. The van der Waals surface area contributed by atoms with E-state index in [0.29, 0.717) is 5.95 Å². The first-order chi connectivity index (χ1) is 14.5. The molecule has 0 saturated heterocycles. The van der Waals surface area contributed by atoms with Crippen LogP contribution in [0, 0.1) is 0 Å². The van der Waals surface area contributed by atoms with Crippen molar-refractivity contribution in [2.24, 2.45) is 5.14 Å². The van der Waals surface area contributed by atoms with E-state index in [1.54, 1.807) is 24.4 Å². The van der Waals surface area contributed by atoms with Crippen molar-refractivity contribution in [3.05, 3.63) is 78.5 Å². The molecule has 2 heterocycles. The number of sulfonamides is 1. The van der Waals surface area contributed by atoms with E-state index < -0.39 is 10.0 Å². The quantitative estimate of drug-likeness (QED) is 0.545. The van der Waals surface area contributed by atoms with Gasteiger partial charge in [0.15, 0.2) is 0 Å². The average Bonchev–Trinajstić information content (AvgIpc) is 2.77. The first kappa shape index (κ1) is 18.7. The summed E-state index contributed by atoms with van der Waals surface area (Å²) in [6.07, 6.45) is 3.43. The second kappa shape index (κ2) is 7.19. The number of hydrogen-bond donors (Lipinski definition) is 1. The SMILES string of the molecule is NS(=O)(=O)c1ccc2c(c1)CCCN2c1nccc(-c2ccc3ccccc3c2)n1. The minimum atomic E-state index is -3.73. The Morgan fingerprint density at radius 3 is 2.60 bits per heavy atom. The fraction of sp³-hybridized carbons (Fsp3) is 0.130. The summed E-state index contributed by atoms with van der Waals surface area (Å²) < 4.78 is 23.4. The zero-order valence-corrected chi connectivity index (χ0v) is 17.0. The monoisotopic (exact) mass is 416 g/mol. The van der Waals surface area contributed by atoms with Crippen LogP contribution in [0.2, 0.25) is 0 Å². The molecule has 0 bridgehead atoms. The topological polar surface area (TPSA) is 89.2 Å². The van der Waals surface area contributed by atoms with E-state index in [-0.39, 0.29) is 4.90 Å². The first-order valence-electron chi connectivity index (χ1n) is 9.74. The summed E-state index contributed by atoms with van der Waals surface area (Å²) in [6.45, 7) is 0.767. The highest BCUT2D eigenvalue weighted by molar-refractivity contribution is 7.89. The van der Waals surface area contributed by atoms with E-state index in [0.717, 1.165) is 47.3 Å². The normalized spacial score (nSPS) is 14.0. The summed E-state index contributed by atoms with van der Waals surface area (Å²) in [4.78, 5) is 11.5. The number of nitrogens with two attached hydrogens (primary N) is 1. The maximum atomic E-state index is 11.7. The number of anilines is 2. The molecule has 6 nitrogen and oxygen atoms in total. The van der Waals surface area contributed by atoms with Gasteiger partial charge in [-0.1, -0.05) is 36.4 Å². The van der Waals surface area contributed by atoms with Gasteiger partial charge in [0.1, 0.15) is 0 Å². The van der Waals surface area contributed by atoms with Crippen LogP contribution in [0.4, 0.5) is 11.6 Å². The lowest BCUT2D eigenvalue weighted by Gasteiger charge is -2.30. The summed E-state index contributed by atoms with van der Waals surface area (Å²) in [5.74, 6) is 0.602. The van der Waals surface area contributed by atoms with E-state index in [2.05, 4.69) is 35.3 Å². The molecule has 0 radical (unpaired) electrons. The van der Waals surface area contributed by atoms with Gasteiger partial charge in [0.05, 0.1) is 10.6 Å². The van der Waals surface area contributed by atoms with Gasteiger partial charge >= 0.3 is 0 Å². The van der Waals surface area contributed by atoms with Crippen LogP contribution in [-0.2, 0) is 16.4 Å². The molecule has 5 rings (SSSR count). The smallest absolute Gasteiger partial charge is 0.238 e. The van der Waals surface area contributed by atoms with Crippen LogP contribution < -0.4 is 10.0 Å². The van der Waals surface area contributed by atoms with Crippen molar-refractivity contribution in [3.63, 3.8) is 0 Å². The fourth-order valence-electron chi connectivity index (χ4n) is 3.95. The highest BCUT2D eigenvalue weighted by atomic mass is 32.2. The second-order valence-corrected chi connectivity index (χ2v) is 8.96. The van der Waals surface area contributed by atoms with E-state index >= 15 is 0 Å². The van der Waals surface area contributed by atoms with Crippen LogP contribution in [0.15, 0.2) is 77.8 Å². The molecule has 1 aliphatic heterocycles. The molecular weight excluding hydrogens is 396 g/mol. The Kier molecular flexibility index (Phi) is 4.49. The molecular formula is C23H20N4O2S. The predicted molar refractivity (Wildman–Crippen MR) is 118 cm³/mol. The minimum Gasteiger partial charge on any atom is -0.310 e. The van der Waals surface area contributed by atoms with Crippen molar-refractivity contribution in [2.75, 3.05) is 11.4 Å². The molecule has 0 saturated carbocycles. The third kappa shape index (κ3) is 3.42. The highest BCUT2D eigenvalue weighted by Crippen LogP contribution is 2.34. The second-order valence-electron chi connectivity index (χ2n) is 7.39. The molecule has 0 unspecified atom stereocenters. The van der Waals surface area contributed by atoms with Crippen LogP contribution in [0.25, 0.3) is 22.0 Å². The lowest BCUT2D eigenvalue weighted by molar-refractivity contribution is 0.597. The summed E-state index contributed by atoms with van der Waals surface area (Å²) in [6, 6.07) is 21.4. The van der Waals surface area contributed by atoms with Gasteiger partial charge in [0, 0.05) is 24.0 Å². The molecule has 7 heteroatoms. The number of benzene rings is 3. The Labute approximate surface area is 175 Å². The van der Waals surface area contributed by atoms with Crippen LogP contribution in [-0.4, -0.2) is 24.9 Å². The number of nitrogens with zero attached hydrogens (tertiary/aromatic N) is 3. The number of rotatable bonds is 3. The standard InChI is InChI=1S/C23H20N4O2S/c24-30(28,29)20-9-10-22-19(15-20)6-3-13-27(22)23-25-12-11-21(26-23)18-8-7-16-4-1-2-5-17(16)14-18/h1-2,4-5,7-12,14-15H,3,6,13H2,(H2,24,28,29). The molecule has 0 amide bonds. The molecule has 2 N–H and O–H groups in total. The van der Waals surface area contributed by atoms with Crippen molar-refractivity contribution in [1.82, 2.24) is 9.97 Å². The summed E-state index contributed by atoms with van der Waals surface area (Å²) in [7, 11) is -3.73. The zero-order valence-electron chi connectivity index (χ0n) is 16.2. The molecule has 0 atom stereocenters. The molecule has 1 aromatic heterocycles. The van der Waals surface area contributed by atoms with E-state index in [1.807, 2.05) is 23.1 Å². The molecule has 30 heavy (non-hydrogen) atoms. The van der Waals surface area contributed by atoms with Gasteiger partial charge in [0.2, 0.25) is 16.0 Å².